The molecule has 0 amide bonds. The lowest BCUT2D eigenvalue weighted by Crippen LogP contribution is -2.12. The Labute approximate surface area is 170 Å². The van der Waals surface area contributed by atoms with Crippen LogP contribution in [0.5, 0.6) is 17.4 Å². The monoisotopic (exact) mass is 405 g/mol. The summed E-state index contributed by atoms with van der Waals surface area (Å²) in [6.07, 6.45) is 1.52. The van der Waals surface area contributed by atoms with Crippen molar-refractivity contribution in [2.24, 2.45) is 0 Å². The largest absolute Gasteiger partial charge is 0.465 e. The van der Waals surface area contributed by atoms with Crippen LogP contribution in [0, 0.1) is 0 Å². The molecule has 0 aliphatic heterocycles. The summed E-state index contributed by atoms with van der Waals surface area (Å²) in [7, 11) is 1.28. The van der Waals surface area contributed by atoms with E-state index in [1.165, 1.54) is 24.6 Å². The van der Waals surface area contributed by atoms with E-state index in [1.54, 1.807) is 30.3 Å². The van der Waals surface area contributed by atoms with Gasteiger partial charge in [0.1, 0.15) is 11.3 Å². The number of carbonyl (C=O) groups is 2. The van der Waals surface area contributed by atoms with Crippen LogP contribution in [-0.4, -0.2) is 24.0 Å². The predicted octanol–water partition coefficient (Wildman–Crippen LogP) is 5.09. The second-order valence-corrected chi connectivity index (χ2v) is 6.96. The highest BCUT2D eigenvalue weighted by Crippen LogP contribution is 2.39. The van der Waals surface area contributed by atoms with Gasteiger partial charge in [0.15, 0.2) is 10.6 Å². The number of thiophene rings is 1. The average molecular weight is 405 g/mol. The summed E-state index contributed by atoms with van der Waals surface area (Å²) >= 11 is 1.20. The molecule has 0 aliphatic rings. The number of benzene rings is 2. The molecule has 4 rings (SSSR count). The lowest BCUT2D eigenvalue weighted by molar-refractivity contribution is 0.0599. The van der Waals surface area contributed by atoms with Crippen LogP contribution in [0.3, 0.4) is 0 Å². The number of aromatic nitrogens is 1. The number of para-hydroxylation sites is 1. The molecule has 144 valence electrons. The van der Waals surface area contributed by atoms with Crippen LogP contribution < -0.4 is 9.47 Å². The number of hydrogen-bond acceptors (Lipinski definition) is 7. The fourth-order valence-corrected chi connectivity index (χ4v) is 3.77. The molecule has 2 aromatic carbocycles. The van der Waals surface area contributed by atoms with Gasteiger partial charge in [0.25, 0.3) is 0 Å². The molecule has 4 aromatic rings. The number of pyridine rings is 1. The van der Waals surface area contributed by atoms with Crippen LogP contribution in [0.1, 0.15) is 20.0 Å². The van der Waals surface area contributed by atoms with Gasteiger partial charge in [-0.2, -0.15) is 0 Å². The summed E-state index contributed by atoms with van der Waals surface area (Å²) in [5.41, 5.74) is 0.141. The smallest absolute Gasteiger partial charge is 0.351 e. The zero-order valence-corrected chi connectivity index (χ0v) is 16.1. The van der Waals surface area contributed by atoms with E-state index in [0.717, 1.165) is 4.70 Å². The first-order chi connectivity index (χ1) is 14.2. The molecular weight excluding hydrogens is 390 g/mol. The van der Waals surface area contributed by atoms with Crippen molar-refractivity contribution < 1.29 is 23.8 Å². The minimum absolute atomic E-state index is 0.114. The van der Waals surface area contributed by atoms with Crippen LogP contribution in [-0.2, 0) is 4.74 Å². The number of esters is 2. The van der Waals surface area contributed by atoms with Gasteiger partial charge in [-0.1, -0.05) is 30.3 Å². The minimum atomic E-state index is -0.683. The molecule has 7 heteroatoms. The Morgan fingerprint density at radius 2 is 1.66 bits per heavy atom. The van der Waals surface area contributed by atoms with Gasteiger partial charge in [-0.3, -0.25) is 0 Å². The van der Waals surface area contributed by atoms with Crippen LogP contribution in [0.2, 0.25) is 0 Å². The van der Waals surface area contributed by atoms with Crippen molar-refractivity contribution in [3.8, 4) is 17.4 Å². The molecule has 0 fully saturated rings. The van der Waals surface area contributed by atoms with E-state index in [0.29, 0.717) is 11.1 Å². The zero-order chi connectivity index (χ0) is 20.2. The van der Waals surface area contributed by atoms with E-state index in [1.807, 2.05) is 36.4 Å². The molecule has 6 nitrogen and oxygen atoms in total. The molecule has 0 atom stereocenters. The Balaban J connectivity index is 1.70. The molecule has 2 heterocycles. The maximum absolute atomic E-state index is 12.9. The Hall–Kier alpha value is -3.71. The van der Waals surface area contributed by atoms with Gasteiger partial charge in [-0.05, 0) is 36.4 Å². The third-order valence-electron chi connectivity index (χ3n) is 4.06. The van der Waals surface area contributed by atoms with Crippen LogP contribution in [0.4, 0.5) is 0 Å². The Bertz CT molecular complexity index is 1190. The van der Waals surface area contributed by atoms with E-state index in [-0.39, 0.29) is 22.1 Å². The Morgan fingerprint density at radius 1 is 0.897 bits per heavy atom. The van der Waals surface area contributed by atoms with Gasteiger partial charge in [-0.15, -0.1) is 11.3 Å². The lowest BCUT2D eigenvalue weighted by atomic mass is 10.2. The van der Waals surface area contributed by atoms with Crippen LogP contribution in [0.25, 0.3) is 10.1 Å². The third kappa shape index (κ3) is 3.81. The normalized spacial score (nSPS) is 10.5. The molecule has 0 spiro atoms. The summed E-state index contributed by atoms with van der Waals surface area (Å²) in [6.45, 7) is 0. The molecule has 0 saturated carbocycles. The molecule has 0 N–H and O–H groups in total. The number of methoxy groups -OCH3 is 1. The number of hydrogen-bond donors (Lipinski definition) is 0. The van der Waals surface area contributed by atoms with E-state index in [2.05, 4.69) is 4.98 Å². The highest BCUT2D eigenvalue weighted by Gasteiger charge is 2.25. The van der Waals surface area contributed by atoms with Crippen molar-refractivity contribution in [2.75, 3.05) is 7.11 Å². The summed E-state index contributed by atoms with van der Waals surface area (Å²) in [5.74, 6) is -0.435. The quantitative estimate of drug-likeness (QED) is 0.430. The fraction of sp³-hybridized carbons (Fsp3) is 0.0455. The predicted molar refractivity (Wildman–Crippen MR) is 109 cm³/mol. The highest BCUT2D eigenvalue weighted by molar-refractivity contribution is 7.21. The SMILES string of the molecule is COC(=O)c1sc2ccccc2c1OC(=O)c1cccnc1Oc1ccccc1. The van der Waals surface area contributed by atoms with Gasteiger partial charge in [-0.25, -0.2) is 14.6 Å². The first-order valence-corrected chi connectivity index (χ1v) is 9.49. The molecule has 0 bridgehead atoms. The third-order valence-corrected chi connectivity index (χ3v) is 5.20. The second kappa shape index (κ2) is 8.12. The van der Waals surface area contributed by atoms with Gasteiger partial charge in [0.05, 0.1) is 7.11 Å². The molecule has 0 aliphatic carbocycles. The van der Waals surface area contributed by atoms with E-state index in [9.17, 15) is 9.59 Å². The van der Waals surface area contributed by atoms with Gasteiger partial charge in [0, 0.05) is 16.3 Å². The number of rotatable bonds is 5. The summed E-state index contributed by atoms with van der Waals surface area (Å²) in [6, 6.07) is 19.4. The average Bonchev–Trinajstić information content (AvgIpc) is 3.12. The minimum Gasteiger partial charge on any atom is -0.465 e. The summed E-state index contributed by atoms with van der Waals surface area (Å²) in [5, 5.41) is 0.653. The van der Waals surface area contributed by atoms with Gasteiger partial charge >= 0.3 is 11.9 Å². The van der Waals surface area contributed by atoms with Crippen molar-refractivity contribution >= 4 is 33.4 Å². The molecule has 0 radical (unpaired) electrons. The van der Waals surface area contributed by atoms with Crippen molar-refractivity contribution in [1.29, 1.82) is 0 Å². The molecular formula is C22H15NO5S. The van der Waals surface area contributed by atoms with E-state index in [4.69, 9.17) is 14.2 Å². The first-order valence-electron chi connectivity index (χ1n) is 8.67. The maximum Gasteiger partial charge on any atom is 0.351 e. The molecule has 2 aromatic heterocycles. The second-order valence-electron chi connectivity index (χ2n) is 5.91. The van der Waals surface area contributed by atoms with Crippen molar-refractivity contribution in [1.82, 2.24) is 4.98 Å². The summed E-state index contributed by atoms with van der Waals surface area (Å²) < 4.78 is 17.0. The number of nitrogens with zero attached hydrogens (tertiary/aromatic N) is 1. The van der Waals surface area contributed by atoms with Crippen LogP contribution in [0.15, 0.2) is 72.9 Å². The van der Waals surface area contributed by atoms with Crippen molar-refractivity contribution in [3.63, 3.8) is 0 Å². The lowest BCUT2D eigenvalue weighted by Gasteiger charge is -2.10. The molecule has 29 heavy (non-hydrogen) atoms. The molecule has 0 saturated heterocycles. The topological polar surface area (TPSA) is 74.7 Å². The van der Waals surface area contributed by atoms with Gasteiger partial charge in [0.2, 0.25) is 5.88 Å². The number of fused-ring (bicyclic) bond motifs is 1. The zero-order valence-electron chi connectivity index (χ0n) is 15.3. The molecule has 0 unspecified atom stereocenters. The first kappa shape index (κ1) is 18.6. The van der Waals surface area contributed by atoms with Gasteiger partial charge < -0.3 is 14.2 Å². The van der Waals surface area contributed by atoms with Crippen molar-refractivity contribution in [3.05, 3.63) is 83.4 Å². The summed E-state index contributed by atoms with van der Waals surface area (Å²) in [4.78, 5) is 29.5. The fourth-order valence-electron chi connectivity index (χ4n) is 2.73. The van der Waals surface area contributed by atoms with Crippen molar-refractivity contribution in [2.45, 2.75) is 0 Å². The van der Waals surface area contributed by atoms with Crippen LogP contribution >= 0.6 is 11.3 Å². The Kier molecular flexibility index (Phi) is 5.22. The highest BCUT2D eigenvalue weighted by atomic mass is 32.1. The standard InChI is InChI=1S/C22H15NO5S/c1-26-22(25)19-18(15-10-5-6-12-17(15)29-19)28-21(24)16-11-7-13-23-20(16)27-14-8-3-2-4-9-14/h2-13H,1H3. The Morgan fingerprint density at radius 3 is 2.45 bits per heavy atom. The van der Waals surface area contributed by atoms with E-state index >= 15 is 0 Å². The number of ether oxygens (including phenoxy) is 3. The number of carbonyl (C=O) groups excluding carboxylic acids is 2. The van der Waals surface area contributed by atoms with E-state index < -0.39 is 11.9 Å². The maximum atomic E-state index is 12.9.